The van der Waals surface area contributed by atoms with Crippen LogP contribution in [0, 0.1) is 0 Å². The fraction of sp³-hybridized carbons (Fsp3) is 0.0909. The van der Waals surface area contributed by atoms with Crippen molar-refractivity contribution < 1.29 is 9.60 Å². The van der Waals surface area contributed by atoms with E-state index in [-0.39, 0.29) is 23.2 Å². The van der Waals surface area contributed by atoms with Gasteiger partial charge in [0.2, 0.25) is 0 Å². The summed E-state index contributed by atoms with van der Waals surface area (Å²) < 4.78 is 53.0. The van der Waals surface area contributed by atoms with Crippen molar-refractivity contribution >= 4 is 5.57 Å². The third kappa shape index (κ3) is 1.81. The average Bonchev–Trinajstić information content (AvgIpc) is 2.28. The van der Waals surface area contributed by atoms with Crippen molar-refractivity contribution in [2.75, 3.05) is 0 Å². The highest BCUT2D eigenvalue weighted by Gasteiger charge is 1.91. The Morgan fingerprint density at radius 3 is 2.64 bits per heavy atom. The number of allylic oxidation sites excluding steroid dienone is 3. The highest BCUT2D eigenvalue weighted by Crippen LogP contribution is 2.13. The van der Waals surface area contributed by atoms with E-state index in [1.54, 1.807) is 0 Å². The minimum absolute atomic E-state index is 0.0352. The number of hydrogen-bond acceptors (Lipinski definition) is 0. The Balaban J connectivity index is 3.82. The maximum atomic E-state index is 7.74. The van der Waals surface area contributed by atoms with Crippen molar-refractivity contribution in [3.05, 3.63) is 54.5 Å². The van der Waals surface area contributed by atoms with E-state index < -0.39 is 30.2 Å². The second-order valence-corrected chi connectivity index (χ2v) is 1.80. The summed E-state index contributed by atoms with van der Waals surface area (Å²) in [6.07, 6.45) is 0. The maximum absolute atomic E-state index is 7.74. The van der Waals surface area contributed by atoms with Gasteiger partial charge >= 0.3 is 0 Å². The van der Waals surface area contributed by atoms with Crippen molar-refractivity contribution in [3.63, 3.8) is 0 Å². The van der Waals surface area contributed by atoms with E-state index in [4.69, 9.17) is 9.60 Å². The van der Waals surface area contributed by atoms with E-state index in [1.807, 2.05) is 0 Å². The van der Waals surface area contributed by atoms with Crippen molar-refractivity contribution in [1.29, 1.82) is 0 Å². The molecule has 1 aromatic rings. The molecule has 0 aliphatic carbocycles. The molecule has 0 N–H and O–H groups in total. The summed E-state index contributed by atoms with van der Waals surface area (Å²) in [6, 6.07) is -2.61. The number of rotatable bonds is 2. The Labute approximate surface area is 77.7 Å². The zero-order chi connectivity index (χ0) is 14.2. The molecule has 0 aliphatic heterocycles. The molecule has 0 radical (unpaired) electrons. The van der Waals surface area contributed by atoms with Gasteiger partial charge in [0.25, 0.3) is 0 Å². The van der Waals surface area contributed by atoms with Gasteiger partial charge in [-0.2, -0.15) is 0 Å². The molecule has 0 aromatic heterocycles. The first-order valence-corrected chi connectivity index (χ1v) is 3.10. The summed E-state index contributed by atoms with van der Waals surface area (Å²) in [7, 11) is 0. The van der Waals surface area contributed by atoms with Gasteiger partial charge in [-0.25, -0.2) is 0 Å². The number of benzene rings is 1. The van der Waals surface area contributed by atoms with Crippen molar-refractivity contribution in [2.24, 2.45) is 0 Å². The Bertz CT molecular complexity index is 524. The summed E-state index contributed by atoms with van der Waals surface area (Å²) in [5.74, 6) is 0. The van der Waals surface area contributed by atoms with Crippen molar-refractivity contribution in [1.82, 2.24) is 0 Å². The first kappa shape index (κ1) is 2.63. The highest BCUT2D eigenvalue weighted by atomic mass is 14.0. The normalized spacial score (nSPS) is 21.0. The molecule has 1 rings (SSSR count). The Kier molecular flexibility index (Phi) is 0.902. The minimum Gasteiger partial charge on any atom is -0.0985 e. The average molecular weight is 151 g/mol. The molecule has 0 nitrogen and oxygen atoms in total. The zero-order valence-electron chi connectivity index (χ0n) is 13.2. The molecular weight excluding hydrogens is 132 g/mol. The molecule has 0 heteroatoms. The summed E-state index contributed by atoms with van der Waals surface area (Å²) in [6.45, 7) is 4.75. The van der Waals surface area contributed by atoms with Gasteiger partial charge in [-0.1, -0.05) is 48.9 Å². The first-order valence-electron chi connectivity index (χ1n) is 6.60. The maximum Gasteiger partial charge on any atom is 0.0629 e. The van der Waals surface area contributed by atoms with Gasteiger partial charge < -0.3 is 0 Å². The largest absolute Gasteiger partial charge is 0.0985 e. The molecule has 0 saturated carbocycles. The lowest BCUT2D eigenvalue weighted by Crippen LogP contribution is -1.76. The standard InChI is InChI=1S/C11H12/c1-3-10(4-2)11-8-6-5-7-9-11/h3-9H,1H2,2H3/b10-4+/i3D,4D,5D,6D,7D,8D,9D. The molecule has 0 fully saturated rings. The van der Waals surface area contributed by atoms with E-state index >= 15 is 0 Å². The SMILES string of the molecule is [2H]C(=C)/C(=C(/[2H])C)c1c([2H])c([2H])c([2H])c([2H])c1[2H]. The molecule has 56 valence electrons. The Hall–Kier alpha value is -1.30. The van der Waals surface area contributed by atoms with Gasteiger partial charge in [0.1, 0.15) is 0 Å². The monoisotopic (exact) mass is 151 g/mol. The molecule has 0 aliphatic rings. The van der Waals surface area contributed by atoms with Crippen LogP contribution in [0.1, 0.15) is 22.1 Å². The Morgan fingerprint density at radius 1 is 1.55 bits per heavy atom. The van der Waals surface area contributed by atoms with E-state index in [0.29, 0.717) is 0 Å². The molecule has 0 unspecified atom stereocenters. The van der Waals surface area contributed by atoms with Crippen LogP contribution < -0.4 is 0 Å². The predicted octanol–water partition coefficient (Wildman–Crippen LogP) is 3.28. The van der Waals surface area contributed by atoms with Gasteiger partial charge in [0.05, 0.1) is 9.60 Å². The molecular formula is C11H12. The van der Waals surface area contributed by atoms with Crippen LogP contribution in [0.3, 0.4) is 0 Å². The molecule has 11 heavy (non-hydrogen) atoms. The lowest BCUT2D eigenvalue weighted by atomic mass is 10.1. The van der Waals surface area contributed by atoms with E-state index in [0.717, 1.165) is 0 Å². The third-order valence-electron chi connectivity index (χ3n) is 1.18. The second kappa shape index (κ2) is 3.77. The van der Waals surface area contributed by atoms with Crippen molar-refractivity contribution in [2.45, 2.75) is 6.92 Å². The van der Waals surface area contributed by atoms with Crippen LogP contribution in [0.15, 0.2) is 48.9 Å². The lowest BCUT2D eigenvalue weighted by molar-refractivity contribution is 1.60. The van der Waals surface area contributed by atoms with Crippen LogP contribution in [-0.4, -0.2) is 0 Å². The van der Waals surface area contributed by atoms with Crippen molar-refractivity contribution in [3.8, 4) is 0 Å². The molecule has 0 saturated heterocycles. The van der Waals surface area contributed by atoms with Gasteiger partial charge in [0.15, 0.2) is 0 Å². The van der Waals surface area contributed by atoms with Gasteiger partial charge in [-0.05, 0) is 18.1 Å². The molecule has 0 atom stereocenters. The quantitative estimate of drug-likeness (QED) is 0.569. The molecule has 0 bridgehead atoms. The van der Waals surface area contributed by atoms with E-state index in [1.165, 1.54) is 6.92 Å². The van der Waals surface area contributed by atoms with Crippen LogP contribution >= 0.6 is 0 Å². The topological polar surface area (TPSA) is 0 Å². The van der Waals surface area contributed by atoms with Gasteiger partial charge in [0, 0.05) is 0 Å². The molecule has 1 aromatic carbocycles. The van der Waals surface area contributed by atoms with Crippen LogP contribution in [0.4, 0.5) is 0 Å². The summed E-state index contributed by atoms with van der Waals surface area (Å²) in [4.78, 5) is 0. The van der Waals surface area contributed by atoms with Crippen LogP contribution in [-0.2, 0) is 0 Å². The summed E-state index contributed by atoms with van der Waals surface area (Å²) in [5, 5.41) is 0. The smallest absolute Gasteiger partial charge is 0.0629 e. The molecule has 0 amide bonds. The molecule has 0 heterocycles. The fourth-order valence-corrected chi connectivity index (χ4v) is 0.677. The lowest BCUT2D eigenvalue weighted by Gasteiger charge is -1.98. The highest BCUT2D eigenvalue weighted by molar-refractivity contribution is 5.72. The minimum atomic E-state index is -0.494. The first-order chi connectivity index (χ1) is 8.20. The Morgan fingerprint density at radius 2 is 2.18 bits per heavy atom. The van der Waals surface area contributed by atoms with Gasteiger partial charge in [-0.3, -0.25) is 0 Å². The fourth-order valence-electron chi connectivity index (χ4n) is 0.677. The van der Waals surface area contributed by atoms with E-state index in [9.17, 15) is 0 Å². The van der Waals surface area contributed by atoms with E-state index in [2.05, 4.69) is 6.58 Å². The number of hydrogen-bond donors (Lipinski definition) is 0. The van der Waals surface area contributed by atoms with Gasteiger partial charge in [-0.15, -0.1) is 0 Å². The second-order valence-electron chi connectivity index (χ2n) is 1.80. The van der Waals surface area contributed by atoms with Crippen LogP contribution in [0.25, 0.3) is 5.57 Å². The van der Waals surface area contributed by atoms with Crippen LogP contribution in [0.2, 0.25) is 0 Å². The van der Waals surface area contributed by atoms with Crippen LogP contribution in [0.5, 0.6) is 0 Å². The summed E-state index contributed by atoms with van der Waals surface area (Å²) in [5.41, 5.74) is -0.180. The predicted molar refractivity (Wildman–Crippen MR) is 50.3 cm³/mol. The summed E-state index contributed by atoms with van der Waals surface area (Å²) >= 11 is 0. The molecule has 0 spiro atoms. The third-order valence-corrected chi connectivity index (χ3v) is 1.18. The zero-order valence-corrected chi connectivity index (χ0v) is 6.21.